The summed E-state index contributed by atoms with van der Waals surface area (Å²) >= 11 is 0. The molecule has 4 aromatic carbocycles. The Hall–Kier alpha value is -2.97. The number of Topliss-reactive ketones (excluding diaryl/α,β-unsaturated/α-hetero) is 1. The van der Waals surface area contributed by atoms with Crippen LogP contribution in [0.1, 0.15) is 57.3 Å². The van der Waals surface area contributed by atoms with E-state index in [1.54, 1.807) is 0 Å². The summed E-state index contributed by atoms with van der Waals surface area (Å²) in [5.74, 6) is 1.06. The van der Waals surface area contributed by atoms with Crippen LogP contribution in [0.25, 0.3) is 10.8 Å². The van der Waals surface area contributed by atoms with Gasteiger partial charge in [0.1, 0.15) is 8.07 Å². The highest BCUT2D eigenvalue weighted by atomic mass is 28.3. The van der Waals surface area contributed by atoms with Gasteiger partial charge in [-0.25, -0.2) is 0 Å². The van der Waals surface area contributed by atoms with Crippen LogP contribution in [0.15, 0.2) is 103 Å². The van der Waals surface area contributed by atoms with E-state index >= 15 is 0 Å². The molecule has 2 bridgehead atoms. The lowest BCUT2D eigenvalue weighted by atomic mass is 9.58. The van der Waals surface area contributed by atoms with Crippen LogP contribution < -0.4 is 10.4 Å². The normalized spacial score (nSPS) is 25.1. The van der Waals surface area contributed by atoms with E-state index in [-0.39, 0.29) is 15.9 Å². The van der Waals surface area contributed by atoms with Crippen molar-refractivity contribution in [2.45, 2.75) is 58.0 Å². The van der Waals surface area contributed by atoms with E-state index in [4.69, 9.17) is 0 Å². The fourth-order valence-corrected chi connectivity index (χ4v) is 14.4. The first-order chi connectivity index (χ1) is 17.7. The Kier molecular flexibility index (Phi) is 5.62. The number of benzene rings is 4. The van der Waals surface area contributed by atoms with Gasteiger partial charge in [-0.3, -0.25) is 4.79 Å². The van der Waals surface area contributed by atoms with Crippen molar-refractivity contribution in [2.75, 3.05) is 0 Å². The summed E-state index contributed by atoms with van der Waals surface area (Å²) < 4.78 is 0. The van der Waals surface area contributed by atoms with E-state index in [9.17, 15) is 4.79 Å². The zero-order valence-corrected chi connectivity index (χ0v) is 23.6. The average Bonchev–Trinajstić information content (AvgIpc) is 3.34. The molecule has 0 heterocycles. The van der Waals surface area contributed by atoms with Gasteiger partial charge in [0.25, 0.3) is 0 Å². The predicted octanol–water partition coefficient (Wildman–Crippen LogP) is 7.89. The second kappa shape index (κ2) is 8.53. The molecular formula is C35H38OSi. The van der Waals surface area contributed by atoms with Gasteiger partial charge in [-0.05, 0) is 58.5 Å². The molecule has 188 valence electrons. The smallest absolute Gasteiger partial charge is 0.169 e. The molecule has 7 rings (SSSR count). The monoisotopic (exact) mass is 502 g/mol. The minimum Gasteiger partial charge on any atom is -0.294 e. The molecule has 2 heteroatoms. The minimum atomic E-state index is -2.29. The summed E-state index contributed by atoms with van der Waals surface area (Å²) in [5.41, 5.74) is 0.617. The lowest BCUT2D eigenvalue weighted by Gasteiger charge is -2.53. The predicted molar refractivity (Wildman–Crippen MR) is 159 cm³/mol. The van der Waals surface area contributed by atoms with Crippen molar-refractivity contribution in [1.29, 1.82) is 0 Å². The Morgan fingerprint density at radius 1 is 0.757 bits per heavy atom. The number of hydrogen-bond acceptors (Lipinski definition) is 1. The number of ketones is 1. The highest BCUT2D eigenvalue weighted by Gasteiger charge is 2.69. The molecule has 3 aliphatic carbocycles. The van der Waals surface area contributed by atoms with Gasteiger partial charge in [-0.2, -0.15) is 0 Å². The van der Waals surface area contributed by atoms with Crippen molar-refractivity contribution < 1.29 is 4.79 Å². The number of fused-ring (bicyclic) bond motifs is 2. The van der Waals surface area contributed by atoms with E-state index in [1.165, 1.54) is 15.8 Å². The molecule has 37 heavy (non-hydrogen) atoms. The molecule has 0 unspecified atom stereocenters. The van der Waals surface area contributed by atoms with Crippen LogP contribution in [0.3, 0.4) is 0 Å². The molecule has 3 saturated carbocycles. The van der Waals surface area contributed by atoms with Gasteiger partial charge in [0.2, 0.25) is 0 Å². The molecule has 0 saturated heterocycles. The second-order valence-electron chi connectivity index (χ2n) is 13.1. The summed E-state index contributed by atoms with van der Waals surface area (Å²) in [6.07, 6.45) is 3.26. The molecular weight excluding hydrogens is 464 g/mol. The second-order valence-corrected chi connectivity index (χ2v) is 17.9. The Morgan fingerprint density at radius 3 is 1.86 bits per heavy atom. The van der Waals surface area contributed by atoms with E-state index in [2.05, 4.69) is 131 Å². The highest BCUT2D eigenvalue weighted by molar-refractivity contribution is 7.04. The van der Waals surface area contributed by atoms with Crippen LogP contribution in [-0.2, 0) is 0 Å². The van der Waals surface area contributed by atoms with Crippen molar-refractivity contribution in [3.8, 4) is 0 Å². The fourth-order valence-electron chi connectivity index (χ4n) is 8.24. The maximum atomic E-state index is 14.5. The zero-order chi connectivity index (χ0) is 25.9. The number of carbonyl (C=O) groups is 1. The Bertz CT molecular complexity index is 1400. The molecule has 0 aliphatic heterocycles. The summed E-state index contributed by atoms with van der Waals surface area (Å²) in [6, 6.07) is 38.4. The molecule has 0 aromatic heterocycles. The molecule has 4 aromatic rings. The lowest BCUT2D eigenvalue weighted by Crippen LogP contribution is -2.67. The van der Waals surface area contributed by atoms with Crippen LogP contribution in [-0.4, -0.2) is 13.9 Å². The molecule has 1 atom stereocenters. The van der Waals surface area contributed by atoms with Crippen LogP contribution in [0, 0.1) is 16.7 Å². The van der Waals surface area contributed by atoms with Crippen molar-refractivity contribution in [3.63, 3.8) is 0 Å². The first-order valence-corrected chi connectivity index (χ1v) is 16.0. The van der Waals surface area contributed by atoms with Crippen molar-refractivity contribution in [1.82, 2.24) is 0 Å². The van der Waals surface area contributed by atoms with Crippen LogP contribution >= 0.6 is 0 Å². The van der Waals surface area contributed by atoms with Gasteiger partial charge in [0.05, 0.1) is 0 Å². The molecule has 0 radical (unpaired) electrons. The van der Waals surface area contributed by atoms with Crippen LogP contribution in [0.4, 0.5) is 0 Å². The van der Waals surface area contributed by atoms with Gasteiger partial charge in [0.15, 0.2) is 5.78 Å². The van der Waals surface area contributed by atoms with Crippen molar-refractivity contribution >= 4 is 35.0 Å². The minimum absolute atomic E-state index is 0.0222. The zero-order valence-electron chi connectivity index (χ0n) is 22.6. The Balaban J connectivity index is 1.48. The van der Waals surface area contributed by atoms with Gasteiger partial charge in [-0.15, -0.1) is 0 Å². The third-order valence-corrected chi connectivity index (χ3v) is 16.6. The van der Waals surface area contributed by atoms with Crippen molar-refractivity contribution in [3.05, 3.63) is 109 Å². The first-order valence-electron chi connectivity index (χ1n) is 13.8. The molecule has 3 aliphatic rings. The number of rotatable bonds is 6. The maximum absolute atomic E-state index is 14.5. The van der Waals surface area contributed by atoms with Crippen LogP contribution in [0.2, 0.25) is 11.1 Å². The van der Waals surface area contributed by atoms with E-state index < -0.39 is 8.07 Å². The third kappa shape index (κ3) is 3.60. The highest BCUT2D eigenvalue weighted by Crippen LogP contribution is 2.72. The molecule has 1 nitrogen and oxygen atoms in total. The number of hydrogen-bond donors (Lipinski definition) is 0. The molecule has 3 fully saturated rings. The van der Waals surface area contributed by atoms with Gasteiger partial charge in [0, 0.05) is 11.0 Å². The van der Waals surface area contributed by atoms with E-state index in [0.29, 0.717) is 11.7 Å². The molecule has 0 N–H and O–H groups in total. The summed E-state index contributed by atoms with van der Waals surface area (Å²) in [6.45, 7) is 9.80. The fraction of sp³-hybridized carbons (Fsp3) is 0.343. The van der Waals surface area contributed by atoms with Crippen molar-refractivity contribution in [2.24, 2.45) is 16.7 Å². The lowest BCUT2D eigenvalue weighted by molar-refractivity contribution is 0.0387. The van der Waals surface area contributed by atoms with E-state index in [0.717, 1.165) is 36.3 Å². The van der Waals surface area contributed by atoms with E-state index in [1.807, 2.05) is 0 Å². The summed E-state index contributed by atoms with van der Waals surface area (Å²) in [4.78, 5) is 14.5. The maximum Gasteiger partial charge on any atom is 0.169 e. The topological polar surface area (TPSA) is 17.1 Å². The molecule has 0 amide bonds. The Labute approximate surface area is 223 Å². The Morgan fingerprint density at radius 2 is 1.30 bits per heavy atom. The quantitative estimate of drug-likeness (QED) is 0.193. The average molecular weight is 503 g/mol. The largest absolute Gasteiger partial charge is 0.294 e. The van der Waals surface area contributed by atoms with Gasteiger partial charge in [-0.1, -0.05) is 135 Å². The van der Waals surface area contributed by atoms with Gasteiger partial charge < -0.3 is 0 Å². The summed E-state index contributed by atoms with van der Waals surface area (Å²) in [7, 11) is -2.29. The summed E-state index contributed by atoms with van der Waals surface area (Å²) in [5, 5.41) is 5.44. The number of carbonyl (C=O) groups excluding carboxylic acids is 1. The van der Waals surface area contributed by atoms with Crippen LogP contribution in [0.5, 0.6) is 0 Å². The van der Waals surface area contributed by atoms with Gasteiger partial charge >= 0.3 is 0 Å². The SMILES string of the molecule is CC(C)(C)[Si](C[C@]1(C)CC2CC1(C(=O)c1ccc3ccccc3c1)C2)(c1ccccc1)c1ccccc1. The standard InChI is InChI=1S/C35H38OSi/c1-33(2,3)37(30-15-7-5-8-16-30,31-17-9-6-10-18-31)25-34(4)22-26-23-35(34,24-26)32(36)29-20-19-27-13-11-12-14-28(27)21-29/h5-21,26H,22-25H2,1-4H3/t26?,34-,35?/m0/s1. The third-order valence-electron chi connectivity index (χ3n) is 10.1. The molecule has 0 spiro atoms. The first kappa shape index (κ1) is 24.4.